The van der Waals surface area contributed by atoms with Crippen LogP contribution in [-0.2, 0) is 0 Å². The standard InChI is InChI=1S/C13H12BrN3O2/c1-19-12-8-11(5-6-15-12)17-13(18)16-10-4-2-3-9(14)7-10/h2-8H,1H3,(H2,15,16,17,18). The molecular weight excluding hydrogens is 310 g/mol. The first-order chi connectivity index (χ1) is 9.17. The predicted octanol–water partition coefficient (Wildman–Crippen LogP) is 3.50. The molecule has 0 saturated heterocycles. The van der Waals surface area contributed by atoms with Crippen molar-refractivity contribution in [2.75, 3.05) is 17.7 Å². The van der Waals surface area contributed by atoms with E-state index < -0.39 is 0 Å². The summed E-state index contributed by atoms with van der Waals surface area (Å²) < 4.78 is 5.88. The SMILES string of the molecule is COc1cc(NC(=O)Nc2cccc(Br)c2)ccn1. The number of ether oxygens (including phenoxy) is 1. The Hall–Kier alpha value is -2.08. The summed E-state index contributed by atoms with van der Waals surface area (Å²) in [4.78, 5) is 15.8. The Morgan fingerprint density at radius 1 is 1.21 bits per heavy atom. The maximum atomic E-state index is 11.8. The van der Waals surface area contributed by atoms with Crippen molar-refractivity contribution in [3.05, 3.63) is 47.1 Å². The van der Waals surface area contributed by atoms with Crippen LogP contribution in [0.25, 0.3) is 0 Å². The zero-order valence-corrected chi connectivity index (χ0v) is 11.8. The first-order valence-corrected chi connectivity index (χ1v) is 6.30. The van der Waals surface area contributed by atoms with Crippen LogP contribution >= 0.6 is 15.9 Å². The Morgan fingerprint density at radius 3 is 2.63 bits per heavy atom. The molecule has 1 aromatic heterocycles. The number of urea groups is 1. The van der Waals surface area contributed by atoms with Crippen molar-refractivity contribution in [3.63, 3.8) is 0 Å². The van der Waals surface area contributed by atoms with Crippen molar-refractivity contribution in [1.29, 1.82) is 0 Å². The van der Waals surface area contributed by atoms with E-state index in [9.17, 15) is 4.79 Å². The molecule has 1 heterocycles. The summed E-state index contributed by atoms with van der Waals surface area (Å²) in [6.45, 7) is 0. The fraction of sp³-hybridized carbons (Fsp3) is 0.0769. The molecule has 98 valence electrons. The highest BCUT2D eigenvalue weighted by Gasteiger charge is 2.04. The number of carbonyl (C=O) groups excluding carboxylic acids is 1. The molecule has 5 nitrogen and oxygen atoms in total. The van der Waals surface area contributed by atoms with Crippen molar-refractivity contribution < 1.29 is 9.53 Å². The van der Waals surface area contributed by atoms with Gasteiger partial charge in [0.2, 0.25) is 5.88 Å². The number of halogens is 1. The summed E-state index contributed by atoms with van der Waals surface area (Å²) in [5, 5.41) is 5.43. The monoisotopic (exact) mass is 321 g/mol. The zero-order valence-electron chi connectivity index (χ0n) is 10.2. The van der Waals surface area contributed by atoms with E-state index in [2.05, 4.69) is 31.5 Å². The van der Waals surface area contributed by atoms with E-state index in [0.717, 1.165) is 4.47 Å². The molecule has 0 spiro atoms. The Morgan fingerprint density at radius 2 is 1.95 bits per heavy atom. The van der Waals surface area contributed by atoms with Gasteiger partial charge in [0.25, 0.3) is 0 Å². The number of aromatic nitrogens is 1. The average Bonchev–Trinajstić information content (AvgIpc) is 2.38. The van der Waals surface area contributed by atoms with E-state index in [-0.39, 0.29) is 6.03 Å². The number of hydrogen-bond acceptors (Lipinski definition) is 3. The summed E-state index contributed by atoms with van der Waals surface area (Å²) in [5.41, 5.74) is 1.31. The van der Waals surface area contributed by atoms with E-state index in [1.54, 1.807) is 24.4 Å². The number of pyridine rings is 1. The number of methoxy groups -OCH3 is 1. The van der Waals surface area contributed by atoms with Crippen LogP contribution in [0.5, 0.6) is 5.88 Å². The van der Waals surface area contributed by atoms with Gasteiger partial charge in [-0.3, -0.25) is 0 Å². The Balaban J connectivity index is 2.01. The Kier molecular flexibility index (Phi) is 4.35. The smallest absolute Gasteiger partial charge is 0.323 e. The molecule has 0 saturated carbocycles. The predicted molar refractivity (Wildman–Crippen MR) is 77.6 cm³/mol. The van der Waals surface area contributed by atoms with Gasteiger partial charge in [0, 0.05) is 28.1 Å². The number of benzene rings is 1. The minimum atomic E-state index is -0.327. The summed E-state index contributed by atoms with van der Waals surface area (Å²) in [5.74, 6) is 0.445. The fourth-order valence-corrected chi connectivity index (χ4v) is 1.86. The van der Waals surface area contributed by atoms with Gasteiger partial charge in [0.15, 0.2) is 0 Å². The minimum absolute atomic E-state index is 0.327. The molecule has 19 heavy (non-hydrogen) atoms. The molecule has 2 amide bonds. The lowest BCUT2D eigenvalue weighted by atomic mass is 10.3. The fourth-order valence-electron chi connectivity index (χ4n) is 1.46. The number of anilines is 2. The molecular formula is C13H12BrN3O2. The number of carbonyl (C=O) groups is 1. The number of nitrogens with zero attached hydrogens (tertiary/aromatic N) is 1. The van der Waals surface area contributed by atoms with Crippen LogP contribution in [0.1, 0.15) is 0 Å². The lowest BCUT2D eigenvalue weighted by molar-refractivity contribution is 0.262. The summed E-state index contributed by atoms with van der Waals surface area (Å²) in [6.07, 6.45) is 1.56. The zero-order chi connectivity index (χ0) is 13.7. The van der Waals surface area contributed by atoms with Gasteiger partial charge in [-0.25, -0.2) is 9.78 Å². The molecule has 0 unspecified atom stereocenters. The largest absolute Gasteiger partial charge is 0.481 e. The van der Waals surface area contributed by atoms with Crippen LogP contribution in [0.3, 0.4) is 0 Å². The second kappa shape index (κ2) is 6.19. The summed E-state index contributed by atoms with van der Waals surface area (Å²) >= 11 is 3.34. The molecule has 2 rings (SSSR count). The first kappa shape index (κ1) is 13.4. The van der Waals surface area contributed by atoms with Gasteiger partial charge in [0.05, 0.1) is 7.11 Å². The van der Waals surface area contributed by atoms with E-state index >= 15 is 0 Å². The maximum absolute atomic E-state index is 11.8. The van der Waals surface area contributed by atoms with Crippen LogP contribution in [0, 0.1) is 0 Å². The number of nitrogens with one attached hydrogen (secondary N) is 2. The van der Waals surface area contributed by atoms with Gasteiger partial charge in [0.1, 0.15) is 0 Å². The molecule has 0 aliphatic rings. The minimum Gasteiger partial charge on any atom is -0.481 e. The lowest BCUT2D eigenvalue weighted by Crippen LogP contribution is -2.19. The van der Waals surface area contributed by atoms with Crippen LogP contribution in [0.4, 0.5) is 16.2 Å². The summed E-state index contributed by atoms with van der Waals surface area (Å²) in [6, 6.07) is 10.3. The third kappa shape index (κ3) is 3.96. The number of hydrogen-bond donors (Lipinski definition) is 2. The second-order valence-electron chi connectivity index (χ2n) is 3.68. The topological polar surface area (TPSA) is 63.2 Å². The molecule has 0 aliphatic carbocycles. The Labute approximate surface area is 119 Å². The van der Waals surface area contributed by atoms with Crippen molar-refractivity contribution in [2.45, 2.75) is 0 Å². The normalized spacial score (nSPS) is 9.79. The third-order valence-corrected chi connectivity index (χ3v) is 2.78. The molecule has 0 aliphatic heterocycles. The second-order valence-corrected chi connectivity index (χ2v) is 4.59. The van der Waals surface area contributed by atoms with Crippen LogP contribution in [-0.4, -0.2) is 18.1 Å². The van der Waals surface area contributed by atoms with Gasteiger partial charge in [-0.15, -0.1) is 0 Å². The van der Waals surface area contributed by atoms with Gasteiger partial charge >= 0.3 is 6.03 Å². The maximum Gasteiger partial charge on any atom is 0.323 e. The van der Waals surface area contributed by atoms with Gasteiger partial charge in [-0.2, -0.15) is 0 Å². The molecule has 0 bridgehead atoms. The average molecular weight is 322 g/mol. The molecule has 2 aromatic rings. The summed E-state index contributed by atoms with van der Waals surface area (Å²) in [7, 11) is 1.52. The highest BCUT2D eigenvalue weighted by atomic mass is 79.9. The van der Waals surface area contributed by atoms with Gasteiger partial charge in [-0.1, -0.05) is 22.0 Å². The van der Waals surface area contributed by atoms with E-state index in [4.69, 9.17) is 4.74 Å². The van der Waals surface area contributed by atoms with E-state index in [1.165, 1.54) is 7.11 Å². The van der Waals surface area contributed by atoms with Gasteiger partial charge < -0.3 is 15.4 Å². The van der Waals surface area contributed by atoms with E-state index in [1.807, 2.05) is 18.2 Å². The van der Waals surface area contributed by atoms with Crippen molar-refractivity contribution in [1.82, 2.24) is 4.98 Å². The van der Waals surface area contributed by atoms with Crippen LogP contribution < -0.4 is 15.4 Å². The van der Waals surface area contributed by atoms with Crippen LogP contribution in [0.2, 0.25) is 0 Å². The number of rotatable bonds is 3. The molecule has 1 aromatic carbocycles. The molecule has 2 N–H and O–H groups in total. The highest BCUT2D eigenvalue weighted by molar-refractivity contribution is 9.10. The third-order valence-electron chi connectivity index (χ3n) is 2.28. The Bertz CT molecular complexity index is 590. The molecule has 0 fully saturated rings. The molecule has 6 heteroatoms. The lowest BCUT2D eigenvalue weighted by Gasteiger charge is -2.08. The van der Waals surface area contributed by atoms with Gasteiger partial charge in [-0.05, 0) is 24.3 Å². The van der Waals surface area contributed by atoms with Crippen molar-refractivity contribution in [2.24, 2.45) is 0 Å². The van der Waals surface area contributed by atoms with Crippen LogP contribution in [0.15, 0.2) is 47.1 Å². The van der Waals surface area contributed by atoms with E-state index in [0.29, 0.717) is 17.3 Å². The molecule has 0 atom stereocenters. The quantitative estimate of drug-likeness (QED) is 0.909. The van der Waals surface area contributed by atoms with Crippen molar-refractivity contribution in [3.8, 4) is 5.88 Å². The number of amides is 2. The first-order valence-electron chi connectivity index (χ1n) is 5.51. The highest BCUT2D eigenvalue weighted by Crippen LogP contribution is 2.17. The molecule has 0 radical (unpaired) electrons. The van der Waals surface area contributed by atoms with Crippen molar-refractivity contribution >= 4 is 33.3 Å².